The van der Waals surface area contributed by atoms with Crippen molar-refractivity contribution in [1.29, 1.82) is 0 Å². The van der Waals surface area contributed by atoms with Gasteiger partial charge in [0.2, 0.25) is 5.91 Å². The number of benzene rings is 2. The molecule has 0 spiro atoms. The molecule has 1 saturated heterocycles. The Bertz CT molecular complexity index is 929. The van der Waals surface area contributed by atoms with Crippen LogP contribution in [0.4, 0.5) is 5.69 Å². The Hall–Kier alpha value is -2.16. The molecule has 1 fully saturated rings. The molecule has 27 heavy (non-hydrogen) atoms. The number of halogens is 1. The summed E-state index contributed by atoms with van der Waals surface area (Å²) >= 11 is 9.93. The van der Waals surface area contributed by atoms with Gasteiger partial charge in [-0.05, 0) is 48.0 Å². The molecule has 0 unspecified atom stereocenters. The van der Waals surface area contributed by atoms with Crippen LogP contribution in [-0.2, 0) is 9.59 Å². The fourth-order valence-electron chi connectivity index (χ4n) is 2.42. The summed E-state index contributed by atoms with van der Waals surface area (Å²) in [4.78, 5) is 26.7. The predicted octanol–water partition coefficient (Wildman–Crippen LogP) is 4.38. The Kier molecular flexibility index (Phi) is 6.30. The summed E-state index contributed by atoms with van der Waals surface area (Å²) in [5.41, 5.74) is 1.48. The minimum Gasteiger partial charge on any atom is -0.508 e. The fourth-order valence-corrected chi connectivity index (χ4v) is 4.15. The van der Waals surface area contributed by atoms with Gasteiger partial charge >= 0.3 is 0 Å². The van der Waals surface area contributed by atoms with Gasteiger partial charge in [-0.25, -0.2) is 0 Å². The lowest BCUT2D eigenvalue weighted by Crippen LogP contribution is -2.31. The predicted molar refractivity (Wildman–Crippen MR) is 115 cm³/mol. The monoisotopic (exact) mass is 462 g/mol. The Morgan fingerprint density at radius 2 is 2.00 bits per heavy atom. The summed E-state index contributed by atoms with van der Waals surface area (Å²) in [5, 5.41) is 12.0. The molecule has 1 aliphatic rings. The summed E-state index contributed by atoms with van der Waals surface area (Å²) in [6.45, 7) is 0.213. The van der Waals surface area contributed by atoms with E-state index in [4.69, 9.17) is 12.2 Å². The summed E-state index contributed by atoms with van der Waals surface area (Å²) in [6.07, 6.45) is 1.91. The molecule has 3 rings (SSSR count). The van der Waals surface area contributed by atoms with Crippen molar-refractivity contribution in [1.82, 2.24) is 4.90 Å². The average Bonchev–Trinajstić information content (AvgIpc) is 2.88. The fraction of sp³-hybridized carbons (Fsp3) is 0.105. The molecule has 0 aromatic heterocycles. The van der Waals surface area contributed by atoms with Gasteiger partial charge in [-0.2, -0.15) is 0 Å². The molecule has 0 aliphatic carbocycles. The standard InChI is InChI=1S/C19H15BrN2O3S2/c20-13-3-1-2-12(10-13)11-16-18(25)22(19(26)27-16)9-8-17(24)21-14-4-6-15(23)7-5-14/h1-7,10-11,23H,8-9H2,(H,21,24). The van der Waals surface area contributed by atoms with Gasteiger partial charge in [0.05, 0.1) is 4.91 Å². The van der Waals surface area contributed by atoms with Gasteiger partial charge in [-0.15, -0.1) is 0 Å². The number of aromatic hydroxyl groups is 1. The number of hydrogen-bond donors (Lipinski definition) is 2. The van der Waals surface area contributed by atoms with Crippen LogP contribution in [0.15, 0.2) is 57.9 Å². The second-order valence-corrected chi connectivity index (χ2v) is 8.32. The molecular formula is C19H15BrN2O3S2. The van der Waals surface area contributed by atoms with Crippen LogP contribution < -0.4 is 5.32 Å². The van der Waals surface area contributed by atoms with Crippen LogP contribution >= 0.6 is 39.9 Å². The zero-order valence-corrected chi connectivity index (χ0v) is 17.2. The van der Waals surface area contributed by atoms with E-state index in [1.165, 1.54) is 28.8 Å². The maximum Gasteiger partial charge on any atom is 0.266 e. The minimum absolute atomic E-state index is 0.123. The lowest BCUT2D eigenvalue weighted by Gasteiger charge is -2.14. The van der Waals surface area contributed by atoms with Gasteiger partial charge in [0.25, 0.3) is 5.91 Å². The van der Waals surface area contributed by atoms with Crippen LogP contribution in [0.2, 0.25) is 0 Å². The largest absolute Gasteiger partial charge is 0.508 e. The molecule has 8 heteroatoms. The van der Waals surface area contributed by atoms with Gasteiger partial charge in [-0.3, -0.25) is 14.5 Å². The summed E-state index contributed by atoms with van der Waals surface area (Å²) in [5.74, 6) is -0.295. The number of carbonyl (C=O) groups excluding carboxylic acids is 2. The molecule has 2 amide bonds. The highest BCUT2D eigenvalue weighted by molar-refractivity contribution is 9.10. The van der Waals surface area contributed by atoms with Crippen LogP contribution in [0.5, 0.6) is 5.75 Å². The molecular weight excluding hydrogens is 448 g/mol. The Morgan fingerprint density at radius 3 is 2.70 bits per heavy atom. The number of rotatable bonds is 5. The summed E-state index contributed by atoms with van der Waals surface area (Å²) < 4.78 is 1.37. The number of nitrogens with zero attached hydrogens (tertiary/aromatic N) is 1. The van der Waals surface area contributed by atoms with Crippen LogP contribution in [0.25, 0.3) is 6.08 Å². The maximum atomic E-state index is 12.6. The van der Waals surface area contributed by atoms with E-state index < -0.39 is 0 Å². The van der Waals surface area contributed by atoms with Crippen molar-refractivity contribution in [3.63, 3.8) is 0 Å². The number of carbonyl (C=O) groups is 2. The molecule has 0 bridgehead atoms. The van der Waals surface area contributed by atoms with E-state index in [0.29, 0.717) is 14.9 Å². The quantitative estimate of drug-likeness (QED) is 0.391. The van der Waals surface area contributed by atoms with Crippen LogP contribution in [0.3, 0.4) is 0 Å². The Labute approximate surface area is 174 Å². The van der Waals surface area contributed by atoms with Gasteiger partial charge in [0.15, 0.2) is 0 Å². The van der Waals surface area contributed by atoms with Gasteiger partial charge in [0.1, 0.15) is 10.1 Å². The van der Waals surface area contributed by atoms with Crippen molar-refractivity contribution in [3.8, 4) is 5.75 Å². The number of phenolic OH excluding ortho intramolecular Hbond substituents is 1. The number of anilines is 1. The first-order valence-corrected chi connectivity index (χ1v) is 10.0. The highest BCUT2D eigenvalue weighted by Crippen LogP contribution is 2.33. The van der Waals surface area contributed by atoms with Gasteiger partial charge in [0, 0.05) is 23.1 Å². The van der Waals surface area contributed by atoms with Crippen molar-refractivity contribution >= 4 is 67.8 Å². The normalized spacial score (nSPS) is 15.4. The van der Waals surface area contributed by atoms with E-state index in [0.717, 1.165) is 10.0 Å². The number of nitrogens with one attached hydrogen (secondary N) is 1. The molecule has 2 N–H and O–H groups in total. The zero-order valence-electron chi connectivity index (χ0n) is 14.0. The first-order valence-electron chi connectivity index (χ1n) is 8.02. The smallest absolute Gasteiger partial charge is 0.266 e. The van der Waals surface area contributed by atoms with E-state index in [2.05, 4.69) is 21.2 Å². The summed E-state index contributed by atoms with van der Waals surface area (Å²) in [7, 11) is 0. The molecule has 0 atom stereocenters. The van der Waals surface area contributed by atoms with Crippen molar-refractivity contribution < 1.29 is 14.7 Å². The molecule has 5 nitrogen and oxygen atoms in total. The number of thiocarbonyl (C=S) groups is 1. The van der Waals surface area contributed by atoms with Gasteiger partial charge < -0.3 is 10.4 Å². The van der Waals surface area contributed by atoms with E-state index in [-0.39, 0.29) is 30.5 Å². The van der Waals surface area contributed by atoms with Crippen LogP contribution in [0.1, 0.15) is 12.0 Å². The van der Waals surface area contributed by atoms with Crippen LogP contribution in [0, 0.1) is 0 Å². The molecule has 2 aromatic rings. The molecule has 1 aliphatic heterocycles. The first-order chi connectivity index (χ1) is 12.9. The van der Waals surface area contributed by atoms with Crippen LogP contribution in [-0.4, -0.2) is 32.7 Å². The van der Waals surface area contributed by atoms with E-state index in [9.17, 15) is 14.7 Å². The second-order valence-electron chi connectivity index (χ2n) is 5.73. The third kappa shape index (κ3) is 5.18. The first kappa shape index (κ1) is 19.6. The third-order valence-corrected chi connectivity index (χ3v) is 5.60. The number of thioether (sulfide) groups is 1. The zero-order chi connectivity index (χ0) is 19.4. The van der Waals surface area contributed by atoms with Gasteiger partial charge in [-0.1, -0.05) is 52.0 Å². The topological polar surface area (TPSA) is 69.6 Å². The molecule has 0 radical (unpaired) electrons. The van der Waals surface area contributed by atoms with Crippen molar-refractivity contribution in [2.75, 3.05) is 11.9 Å². The van der Waals surface area contributed by atoms with Crippen molar-refractivity contribution in [2.45, 2.75) is 6.42 Å². The van der Waals surface area contributed by atoms with Crippen molar-refractivity contribution in [3.05, 3.63) is 63.5 Å². The molecule has 1 heterocycles. The van der Waals surface area contributed by atoms with E-state index >= 15 is 0 Å². The highest BCUT2D eigenvalue weighted by Gasteiger charge is 2.32. The number of amides is 2. The second kappa shape index (κ2) is 8.69. The Morgan fingerprint density at radius 1 is 1.26 bits per heavy atom. The lowest BCUT2D eigenvalue weighted by molar-refractivity contribution is -0.122. The highest BCUT2D eigenvalue weighted by atomic mass is 79.9. The third-order valence-electron chi connectivity index (χ3n) is 3.73. The number of phenols is 1. The summed E-state index contributed by atoms with van der Waals surface area (Å²) in [6, 6.07) is 13.8. The molecule has 2 aromatic carbocycles. The Balaban J connectivity index is 1.60. The van der Waals surface area contributed by atoms with Crippen molar-refractivity contribution in [2.24, 2.45) is 0 Å². The van der Waals surface area contributed by atoms with E-state index in [1.807, 2.05) is 24.3 Å². The SMILES string of the molecule is O=C(CCN1C(=O)C(=Cc2cccc(Br)c2)SC1=S)Nc1ccc(O)cc1. The number of hydrogen-bond acceptors (Lipinski definition) is 5. The lowest BCUT2D eigenvalue weighted by atomic mass is 10.2. The molecule has 0 saturated carbocycles. The minimum atomic E-state index is -0.231. The average molecular weight is 463 g/mol. The van der Waals surface area contributed by atoms with E-state index in [1.54, 1.807) is 18.2 Å². The maximum absolute atomic E-state index is 12.6. The molecule has 138 valence electrons.